The van der Waals surface area contributed by atoms with Gasteiger partial charge < -0.3 is 14.8 Å². The number of hydrogen-bond donors (Lipinski definition) is 1. The molecule has 0 saturated carbocycles. The molecule has 1 aliphatic rings. The van der Waals surface area contributed by atoms with Crippen LogP contribution in [0.25, 0.3) is 11.1 Å². The third-order valence-corrected chi connectivity index (χ3v) is 5.02. The summed E-state index contributed by atoms with van der Waals surface area (Å²) < 4.78 is 11.3. The van der Waals surface area contributed by atoms with Crippen molar-refractivity contribution < 1.29 is 9.47 Å². The van der Waals surface area contributed by atoms with Gasteiger partial charge in [-0.2, -0.15) is 0 Å². The molecule has 5 heteroatoms. The van der Waals surface area contributed by atoms with E-state index < -0.39 is 0 Å². The maximum Gasteiger partial charge on any atom is 0.231 e. The Morgan fingerprint density at radius 2 is 1.89 bits per heavy atom. The van der Waals surface area contributed by atoms with Crippen molar-refractivity contribution in [2.45, 2.75) is 32.7 Å². The molecule has 5 nitrogen and oxygen atoms in total. The van der Waals surface area contributed by atoms with E-state index in [1.165, 1.54) is 5.56 Å². The van der Waals surface area contributed by atoms with Crippen LogP contribution >= 0.6 is 0 Å². The predicted octanol–water partition coefficient (Wildman–Crippen LogP) is 4.25. The normalized spacial score (nSPS) is 13.0. The van der Waals surface area contributed by atoms with Crippen LogP contribution in [0.2, 0.25) is 0 Å². The molecule has 0 aliphatic carbocycles. The molecule has 0 amide bonds. The average molecular weight is 375 g/mol. The first-order valence-corrected chi connectivity index (χ1v) is 9.50. The zero-order valence-corrected chi connectivity index (χ0v) is 16.5. The summed E-state index contributed by atoms with van der Waals surface area (Å²) in [7, 11) is 0. The lowest BCUT2D eigenvalue weighted by atomic mass is 9.88. The average Bonchev–Trinajstić information content (AvgIpc) is 3.17. The fourth-order valence-electron chi connectivity index (χ4n) is 3.39. The van der Waals surface area contributed by atoms with Crippen molar-refractivity contribution in [2.75, 3.05) is 13.3 Å². The summed E-state index contributed by atoms with van der Waals surface area (Å²) in [5, 5.41) is 3.58. The van der Waals surface area contributed by atoms with Gasteiger partial charge in [0.2, 0.25) is 6.79 Å². The van der Waals surface area contributed by atoms with Gasteiger partial charge >= 0.3 is 0 Å². The fourth-order valence-corrected chi connectivity index (χ4v) is 3.39. The van der Waals surface area contributed by atoms with Crippen molar-refractivity contribution in [3.05, 3.63) is 71.8 Å². The molecule has 28 heavy (non-hydrogen) atoms. The van der Waals surface area contributed by atoms with Crippen molar-refractivity contribution in [2.24, 2.45) is 0 Å². The topological polar surface area (TPSA) is 56.3 Å². The lowest BCUT2D eigenvalue weighted by Crippen LogP contribution is -2.33. The van der Waals surface area contributed by atoms with Gasteiger partial charge in [0, 0.05) is 48.4 Å². The number of ether oxygens (including phenoxy) is 2. The third kappa shape index (κ3) is 3.85. The first kappa shape index (κ1) is 18.4. The Labute approximate surface area is 165 Å². The molecule has 4 rings (SSSR count). The largest absolute Gasteiger partial charge is 0.454 e. The number of nitrogens with zero attached hydrogens (tertiary/aromatic N) is 2. The second kappa shape index (κ2) is 7.60. The van der Waals surface area contributed by atoms with E-state index >= 15 is 0 Å². The summed E-state index contributed by atoms with van der Waals surface area (Å²) in [6.45, 7) is 8.30. The van der Waals surface area contributed by atoms with Crippen LogP contribution in [0, 0.1) is 6.92 Å². The molecule has 2 aromatic heterocycles. The van der Waals surface area contributed by atoms with Crippen LogP contribution in [0.4, 0.5) is 0 Å². The van der Waals surface area contributed by atoms with Crippen LogP contribution in [0.5, 0.6) is 11.5 Å². The molecular formula is C23H25N3O2. The van der Waals surface area contributed by atoms with Crippen LogP contribution < -0.4 is 14.8 Å². The van der Waals surface area contributed by atoms with E-state index in [4.69, 9.17) is 9.47 Å². The van der Waals surface area contributed by atoms with Crippen molar-refractivity contribution in [3.8, 4) is 22.6 Å². The molecule has 0 radical (unpaired) electrons. The van der Waals surface area contributed by atoms with Gasteiger partial charge in [0.1, 0.15) is 0 Å². The summed E-state index contributed by atoms with van der Waals surface area (Å²) in [4.78, 5) is 8.70. The first-order valence-electron chi connectivity index (χ1n) is 9.50. The van der Waals surface area contributed by atoms with E-state index in [2.05, 4.69) is 60.3 Å². The van der Waals surface area contributed by atoms with E-state index in [1.54, 1.807) is 12.4 Å². The Hall–Kier alpha value is -2.92. The Bertz CT molecular complexity index is 954. The second-order valence-electron chi connectivity index (χ2n) is 7.82. The van der Waals surface area contributed by atoms with Crippen LogP contribution in [0.3, 0.4) is 0 Å². The quantitative estimate of drug-likeness (QED) is 0.698. The molecule has 0 bridgehead atoms. The molecule has 1 aliphatic heterocycles. The first-order chi connectivity index (χ1) is 13.5. The lowest BCUT2D eigenvalue weighted by molar-refractivity contribution is 0.174. The SMILES string of the molecule is Cc1ccc(C(C)(C)CNCc2cc3c(c(-c4ccncc4)c2)OCO3)nc1. The molecule has 0 fully saturated rings. The molecule has 3 aromatic rings. The molecule has 1 N–H and O–H groups in total. The van der Waals surface area contributed by atoms with Gasteiger partial charge in [-0.25, -0.2) is 0 Å². The number of benzene rings is 1. The molecule has 144 valence electrons. The van der Waals surface area contributed by atoms with Gasteiger partial charge in [0.25, 0.3) is 0 Å². The van der Waals surface area contributed by atoms with Gasteiger partial charge in [-0.1, -0.05) is 19.9 Å². The number of rotatable bonds is 6. The minimum atomic E-state index is -0.0576. The minimum Gasteiger partial charge on any atom is -0.454 e. The highest BCUT2D eigenvalue weighted by molar-refractivity contribution is 5.75. The zero-order valence-electron chi connectivity index (χ0n) is 16.5. The smallest absolute Gasteiger partial charge is 0.231 e. The highest BCUT2D eigenvalue weighted by Crippen LogP contribution is 2.42. The number of aryl methyl sites for hydroxylation is 1. The Morgan fingerprint density at radius 1 is 1.07 bits per heavy atom. The Kier molecular flexibility index (Phi) is 5.01. The monoisotopic (exact) mass is 375 g/mol. The standard InChI is InChI=1S/C23H25N3O2/c1-16-4-5-21(26-12-16)23(2,3)14-25-13-17-10-19(18-6-8-24-9-7-18)22-20(11-17)27-15-28-22/h4-12,25H,13-15H2,1-3H3. The molecular weight excluding hydrogens is 350 g/mol. The predicted molar refractivity (Wildman–Crippen MR) is 110 cm³/mol. The van der Waals surface area contributed by atoms with Crippen LogP contribution in [0.1, 0.15) is 30.7 Å². The fraction of sp³-hybridized carbons (Fsp3) is 0.304. The summed E-state index contributed by atoms with van der Waals surface area (Å²) in [6, 6.07) is 12.4. The number of aromatic nitrogens is 2. The van der Waals surface area contributed by atoms with E-state index in [0.717, 1.165) is 47.0 Å². The van der Waals surface area contributed by atoms with Crippen molar-refractivity contribution in [3.63, 3.8) is 0 Å². The summed E-state index contributed by atoms with van der Waals surface area (Å²) in [6.07, 6.45) is 5.51. The highest BCUT2D eigenvalue weighted by Gasteiger charge is 2.23. The van der Waals surface area contributed by atoms with Gasteiger partial charge in [-0.15, -0.1) is 0 Å². The molecule has 0 atom stereocenters. The summed E-state index contributed by atoms with van der Waals surface area (Å²) in [5.74, 6) is 1.60. The van der Waals surface area contributed by atoms with Crippen molar-refractivity contribution in [1.29, 1.82) is 0 Å². The number of pyridine rings is 2. The van der Waals surface area contributed by atoms with E-state index in [0.29, 0.717) is 0 Å². The molecule has 0 unspecified atom stereocenters. The maximum atomic E-state index is 5.69. The zero-order chi connectivity index (χ0) is 19.6. The van der Waals surface area contributed by atoms with Crippen LogP contribution in [0.15, 0.2) is 55.0 Å². The number of nitrogens with one attached hydrogen (secondary N) is 1. The lowest BCUT2D eigenvalue weighted by Gasteiger charge is -2.25. The maximum absolute atomic E-state index is 5.69. The van der Waals surface area contributed by atoms with Gasteiger partial charge in [-0.3, -0.25) is 9.97 Å². The van der Waals surface area contributed by atoms with E-state index in [1.807, 2.05) is 18.3 Å². The summed E-state index contributed by atoms with van der Waals surface area (Å²) in [5.41, 5.74) is 5.48. The summed E-state index contributed by atoms with van der Waals surface area (Å²) >= 11 is 0. The Morgan fingerprint density at radius 3 is 2.64 bits per heavy atom. The van der Waals surface area contributed by atoms with Crippen LogP contribution in [-0.2, 0) is 12.0 Å². The van der Waals surface area contributed by atoms with E-state index in [-0.39, 0.29) is 12.2 Å². The minimum absolute atomic E-state index is 0.0576. The number of hydrogen-bond acceptors (Lipinski definition) is 5. The van der Waals surface area contributed by atoms with Crippen LogP contribution in [-0.4, -0.2) is 23.3 Å². The Balaban J connectivity index is 1.50. The second-order valence-corrected chi connectivity index (χ2v) is 7.82. The van der Waals surface area contributed by atoms with Crippen molar-refractivity contribution in [1.82, 2.24) is 15.3 Å². The third-order valence-electron chi connectivity index (χ3n) is 5.02. The van der Waals surface area contributed by atoms with E-state index in [9.17, 15) is 0 Å². The highest BCUT2D eigenvalue weighted by atomic mass is 16.7. The molecule has 0 saturated heterocycles. The van der Waals surface area contributed by atoms with Gasteiger partial charge in [0.15, 0.2) is 11.5 Å². The van der Waals surface area contributed by atoms with Crippen molar-refractivity contribution >= 4 is 0 Å². The molecule has 1 aromatic carbocycles. The van der Waals surface area contributed by atoms with Gasteiger partial charge in [-0.05, 0) is 53.9 Å². The van der Waals surface area contributed by atoms with Gasteiger partial charge in [0.05, 0.1) is 0 Å². The molecule has 3 heterocycles. The molecule has 0 spiro atoms. The number of fused-ring (bicyclic) bond motifs is 1.